The highest BCUT2D eigenvalue weighted by molar-refractivity contribution is 7.95. The van der Waals surface area contributed by atoms with Gasteiger partial charge in [0, 0.05) is 6.20 Å². The van der Waals surface area contributed by atoms with Gasteiger partial charge >= 0.3 is 0 Å². The molecule has 0 radical (unpaired) electrons. The number of rotatable bonds is 0. The van der Waals surface area contributed by atoms with Crippen LogP contribution in [0.2, 0.25) is 0 Å². The van der Waals surface area contributed by atoms with Gasteiger partial charge in [0.1, 0.15) is 5.44 Å². The molecule has 7 heavy (non-hydrogen) atoms. The van der Waals surface area contributed by atoms with Crippen molar-refractivity contribution in [2.24, 2.45) is 0 Å². The van der Waals surface area contributed by atoms with E-state index in [0.29, 0.717) is 0 Å². The van der Waals surface area contributed by atoms with Gasteiger partial charge in [0.15, 0.2) is 0 Å². The van der Waals surface area contributed by atoms with Gasteiger partial charge in [-0.1, -0.05) is 0 Å². The van der Waals surface area contributed by atoms with Gasteiger partial charge in [-0.2, -0.15) is 0 Å². The molecule has 1 unspecified atom stereocenters. The summed E-state index contributed by atoms with van der Waals surface area (Å²) in [6, 6.07) is 1.94. The van der Waals surface area contributed by atoms with Crippen molar-refractivity contribution >= 4 is 18.0 Å². The normalized spacial score (nSPS) is 37.7. The molecule has 1 aromatic heterocycles. The summed E-state index contributed by atoms with van der Waals surface area (Å²) in [6.07, 6.45) is 1.89. The lowest BCUT2D eigenvalue weighted by Gasteiger charge is -1.71. The Morgan fingerprint density at radius 1 is 1.71 bits per heavy atom. The van der Waals surface area contributed by atoms with Gasteiger partial charge in [0.05, 0.1) is 5.30 Å². The average molecular weight is 111 g/mol. The summed E-state index contributed by atoms with van der Waals surface area (Å²) in [4.78, 5) is 0. The quantitative estimate of drug-likeness (QED) is 0.371. The smallest absolute Gasteiger partial charge is 0.253 e. The summed E-state index contributed by atoms with van der Waals surface area (Å²) in [7, 11) is -1.74. The first-order chi connectivity index (χ1) is 3.35. The van der Waals surface area contributed by atoms with Gasteiger partial charge < -0.3 is 0 Å². The van der Waals surface area contributed by atoms with Crippen LogP contribution in [0, 0.1) is 0 Å². The average Bonchev–Trinajstić information content (AvgIpc) is 2.38. The van der Waals surface area contributed by atoms with E-state index >= 15 is 0 Å². The van der Waals surface area contributed by atoms with E-state index in [4.69, 9.17) is 0 Å². The Morgan fingerprint density at radius 3 is 2.57 bits per heavy atom. The first kappa shape index (κ1) is 2.73. The lowest BCUT2D eigenvalue weighted by molar-refractivity contribution is 0.592. The van der Waals surface area contributed by atoms with Crippen molar-refractivity contribution in [3.8, 4) is 0 Å². The number of aromatic nitrogens is 1. The Labute approximate surface area is 40.2 Å². The zero-order chi connectivity index (χ0) is 4.65. The molecule has 0 aliphatic carbocycles. The molecule has 4 rings (SSSR count). The summed E-state index contributed by atoms with van der Waals surface area (Å²) in [5.41, 5.74) is 1.13. The standard InChI is InChI=1S/C4H2NOP/c6-7-3-1-2-5(7)4(3)7/h1-2H. The van der Waals surface area contributed by atoms with Crippen molar-refractivity contribution in [3.05, 3.63) is 12.3 Å². The fourth-order valence-electron chi connectivity index (χ4n) is 1.12. The lowest BCUT2D eigenvalue weighted by atomic mass is 10.7. The van der Waals surface area contributed by atoms with Crippen molar-refractivity contribution < 1.29 is 4.57 Å². The minimum Gasteiger partial charge on any atom is -0.288 e. The van der Waals surface area contributed by atoms with E-state index in [9.17, 15) is 4.57 Å². The van der Waals surface area contributed by atoms with Crippen molar-refractivity contribution in [2.45, 2.75) is 0 Å². The van der Waals surface area contributed by atoms with E-state index in [-0.39, 0.29) is 0 Å². The summed E-state index contributed by atoms with van der Waals surface area (Å²) in [6.45, 7) is 0. The predicted octanol–water partition coefficient (Wildman–Crippen LogP) is -0.108. The molecule has 0 spiro atoms. The minimum atomic E-state index is -1.74. The van der Waals surface area contributed by atoms with E-state index in [1.165, 1.54) is 0 Å². The lowest BCUT2D eigenvalue weighted by Crippen LogP contribution is -1.86. The summed E-state index contributed by atoms with van der Waals surface area (Å²) >= 11 is 0. The molecule has 0 saturated heterocycles. The monoisotopic (exact) mass is 111 g/mol. The maximum atomic E-state index is 10.9. The second-order valence-corrected chi connectivity index (χ2v) is 4.43. The zero-order valence-electron chi connectivity index (χ0n) is 3.46. The first-order valence-electron chi connectivity index (χ1n) is 2.18. The number of hydrogen-bond acceptors (Lipinski definition) is 1. The molecule has 3 aliphatic rings. The van der Waals surface area contributed by atoms with Gasteiger partial charge in [-0.3, -0.25) is 8.90 Å². The summed E-state index contributed by atoms with van der Waals surface area (Å²) in [5, 5.41) is 1.13. The van der Waals surface area contributed by atoms with E-state index in [0.717, 1.165) is 10.7 Å². The Balaban J connectivity index is 2.90. The van der Waals surface area contributed by atoms with Crippen LogP contribution in [0.1, 0.15) is 0 Å². The molecule has 0 N–H and O–H groups in total. The van der Waals surface area contributed by atoms with Crippen LogP contribution in [0.25, 0.3) is 0 Å². The van der Waals surface area contributed by atoms with E-state index < -0.39 is 7.29 Å². The van der Waals surface area contributed by atoms with Gasteiger partial charge in [0.2, 0.25) is 0 Å². The third-order valence-electron chi connectivity index (χ3n) is 1.65. The highest BCUT2D eigenvalue weighted by atomic mass is 31.2. The Morgan fingerprint density at radius 2 is 2.43 bits per heavy atom. The van der Waals surface area contributed by atoms with Crippen molar-refractivity contribution in [3.63, 3.8) is 0 Å². The molecule has 1 atom stereocenters. The molecule has 3 heteroatoms. The Kier molecular flexibility index (Phi) is 0.160. The predicted molar refractivity (Wildman–Crippen MR) is 26.7 cm³/mol. The molecular formula is C4H2NOP. The van der Waals surface area contributed by atoms with Gasteiger partial charge in [0.25, 0.3) is 7.29 Å². The van der Waals surface area contributed by atoms with Crippen LogP contribution in [0.15, 0.2) is 12.3 Å². The Bertz CT molecular complexity index is 272. The molecular weight excluding hydrogens is 109 g/mol. The first-order valence-corrected chi connectivity index (χ1v) is 3.84. The van der Waals surface area contributed by atoms with Crippen LogP contribution in [-0.2, 0) is 4.57 Å². The fraction of sp³-hybridized carbons (Fsp3) is 0. The van der Waals surface area contributed by atoms with Crippen molar-refractivity contribution in [1.29, 1.82) is 0 Å². The maximum absolute atomic E-state index is 10.9. The van der Waals surface area contributed by atoms with Crippen LogP contribution in [0.3, 0.4) is 0 Å². The molecule has 2 nitrogen and oxygen atoms in total. The maximum Gasteiger partial charge on any atom is 0.253 e. The van der Waals surface area contributed by atoms with E-state index in [2.05, 4.69) is 0 Å². The molecule has 2 bridgehead atoms. The van der Waals surface area contributed by atoms with Gasteiger partial charge in [-0.15, -0.1) is 0 Å². The minimum absolute atomic E-state index is 1.13. The second kappa shape index (κ2) is 0.411. The highest BCUT2D eigenvalue weighted by Gasteiger charge is 2.67. The van der Waals surface area contributed by atoms with Gasteiger partial charge in [-0.25, -0.2) is 0 Å². The third kappa shape index (κ3) is 0.0966. The van der Waals surface area contributed by atoms with Crippen LogP contribution in [0.5, 0.6) is 0 Å². The largest absolute Gasteiger partial charge is 0.288 e. The molecule has 34 valence electrons. The SMILES string of the molecule is O=P12c3ccn1c32. The van der Waals surface area contributed by atoms with Crippen LogP contribution in [0.4, 0.5) is 0 Å². The molecule has 3 aliphatic heterocycles. The topological polar surface area (TPSA) is 22.0 Å². The molecule has 0 fully saturated rings. The van der Waals surface area contributed by atoms with Crippen molar-refractivity contribution in [2.75, 3.05) is 0 Å². The van der Waals surface area contributed by atoms with Crippen LogP contribution >= 0.6 is 7.29 Å². The zero-order valence-corrected chi connectivity index (χ0v) is 4.35. The van der Waals surface area contributed by atoms with E-state index in [1.54, 1.807) is 0 Å². The highest BCUT2D eigenvalue weighted by Crippen LogP contribution is 2.70. The molecule has 0 saturated carbocycles. The Hall–Kier alpha value is -0.490. The number of nitrogens with zero attached hydrogens (tertiary/aromatic N) is 1. The van der Waals surface area contributed by atoms with E-state index in [1.807, 2.05) is 16.6 Å². The summed E-state index contributed by atoms with van der Waals surface area (Å²) in [5.74, 6) is 0. The molecule has 0 aromatic carbocycles. The van der Waals surface area contributed by atoms with Crippen LogP contribution < -0.4 is 10.7 Å². The third-order valence-corrected chi connectivity index (χ3v) is 4.22. The van der Waals surface area contributed by atoms with Gasteiger partial charge in [-0.05, 0) is 6.07 Å². The second-order valence-electron chi connectivity index (χ2n) is 1.95. The summed E-state index contributed by atoms with van der Waals surface area (Å²) < 4.78 is 12.8. The van der Waals surface area contributed by atoms with Crippen LogP contribution in [-0.4, -0.2) is 4.34 Å². The number of fused-ring (bicyclic) bond motifs is 1. The fourth-order valence-corrected chi connectivity index (χ4v) is 3.47. The molecule has 4 heterocycles. The van der Waals surface area contributed by atoms with Crippen molar-refractivity contribution in [1.82, 2.24) is 4.34 Å². The molecule has 1 aromatic rings. The number of hydrogen-bond donors (Lipinski definition) is 0. The molecule has 0 amide bonds.